The van der Waals surface area contributed by atoms with Crippen molar-refractivity contribution in [2.24, 2.45) is 46.3 Å². The van der Waals surface area contributed by atoms with Gasteiger partial charge in [0.2, 0.25) is 0 Å². The van der Waals surface area contributed by atoms with Crippen LogP contribution in [0.4, 0.5) is 0 Å². The lowest BCUT2D eigenvalue weighted by Crippen LogP contribution is -2.53. The largest absolute Gasteiger partial charge is 0.508 e. The Bertz CT molecular complexity index is 4090. The molecule has 4 aromatic heterocycles. The Morgan fingerprint density at radius 3 is 1.64 bits per heavy atom. The fourth-order valence-corrected chi connectivity index (χ4v) is 16.9. The number of aliphatic carboxylic acids is 1. The molecule has 84 heavy (non-hydrogen) atoms. The highest BCUT2D eigenvalue weighted by Crippen LogP contribution is 2.69. The summed E-state index contributed by atoms with van der Waals surface area (Å²) in [5, 5.41) is 51.4. The van der Waals surface area contributed by atoms with Crippen LogP contribution in [0, 0.1) is 46.3 Å². The Hall–Kier alpha value is -8.71. The third kappa shape index (κ3) is 9.55. The van der Waals surface area contributed by atoms with Crippen LogP contribution in [0.5, 0.6) is 23.0 Å². The van der Waals surface area contributed by atoms with Crippen molar-refractivity contribution < 1.29 is 30.0 Å². The standard InChI is InChI=1S/C71H71N7O6/c1-41(16-29-65(82)83)54-19-20-55-53-18-17-46-38-48(30-32-70(46,2)56(53)31-33-71(54,55)3)78-39-47(76-77-78)40-84-52-15-7-11-45(37-52)69-63-27-25-61(74-63)67(43-9-5-13-50(80)35-43)59-23-21-57(72-59)66(42-8-4-12-49(79)34-42)58-22-24-60(73-58)68(62-26-28-64(69)75-62)44-10-6-14-51(81)36-44/h4-15,21-28,34-37,39,41,46,48,53-56,72,75,79-81H,16-20,29-33,38,40H2,1-3H3,(H,82,83)/t41-,46-,48+,53+,54-,55+,56+,70+,71-/m1/s1. The van der Waals surface area contributed by atoms with E-state index in [4.69, 9.17) is 19.9 Å². The van der Waals surface area contributed by atoms with Gasteiger partial charge < -0.3 is 35.1 Å². The van der Waals surface area contributed by atoms with E-state index < -0.39 is 5.97 Å². The number of aromatic nitrogens is 7. The molecule has 4 aromatic carbocycles. The van der Waals surface area contributed by atoms with E-state index in [1.54, 1.807) is 36.4 Å². The van der Waals surface area contributed by atoms with Gasteiger partial charge in [-0.3, -0.25) is 4.79 Å². The number of carboxylic acids is 1. The number of nitrogens with one attached hydrogen (secondary N) is 2. The molecule has 0 spiro atoms. The molecule has 9 atom stereocenters. The third-order valence-electron chi connectivity index (χ3n) is 20.8. The van der Waals surface area contributed by atoms with Crippen LogP contribution < -0.4 is 4.74 Å². The van der Waals surface area contributed by atoms with E-state index in [-0.39, 0.29) is 30.3 Å². The van der Waals surface area contributed by atoms with Crippen molar-refractivity contribution >= 4 is 52.3 Å². The van der Waals surface area contributed by atoms with Crippen molar-refractivity contribution in [1.29, 1.82) is 0 Å². The molecule has 4 saturated carbocycles. The van der Waals surface area contributed by atoms with E-state index in [1.807, 2.05) is 97.1 Å². The number of aromatic amines is 2. The summed E-state index contributed by atoms with van der Waals surface area (Å²) in [6, 6.07) is 38.1. The lowest BCUT2D eigenvalue weighted by Gasteiger charge is -2.61. The van der Waals surface area contributed by atoms with Gasteiger partial charge in [0.15, 0.2) is 0 Å². The van der Waals surface area contributed by atoms with E-state index in [9.17, 15) is 25.2 Å². The number of H-pyrrole nitrogens is 2. The number of phenolic OH excluding ortho intramolecular Hbond substituents is 3. The highest BCUT2D eigenvalue weighted by atomic mass is 16.5. The number of fused-ring (bicyclic) bond motifs is 13. The second-order valence-electron chi connectivity index (χ2n) is 25.4. The highest BCUT2D eigenvalue weighted by Gasteiger charge is 2.60. The monoisotopic (exact) mass is 1120 g/mol. The molecule has 0 amide bonds. The predicted octanol–water partition coefficient (Wildman–Crippen LogP) is 16.3. The average Bonchev–Trinajstić information content (AvgIpc) is 1.51. The van der Waals surface area contributed by atoms with Gasteiger partial charge in [-0.2, -0.15) is 0 Å². The lowest BCUT2D eigenvalue weighted by atomic mass is 9.44. The van der Waals surface area contributed by atoms with Gasteiger partial charge in [-0.25, -0.2) is 14.6 Å². The molecule has 0 unspecified atom stereocenters. The summed E-state index contributed by atoms with van der Waals surface area (Å²) in [5.41, 5.74) is 13.6. The Morgan fingerprint density at radius 2 is 1.12 bits per heavy atom. The molecule has 8 aromatic rings. The molecule has 13 nitrogen and oxygen atoms in total. The quantitative estimate of drug-likeness (QED) is 0.0685. The molecule has 14 rings (SSSR count). The highest BCUT2D eigenvalue weighted by molar-refractivity contribution is 6.00. The number of rotatable bonds is 12. The number of phenols is 3. The van der Waals surface area contributed by atoms with Crippen LogP contribution in [-0.2, 0) is 11.4 Å². The smallest absolute Gasteiger partial charge is 0.303 e. The number of benzene rings is 4. The summed E-state index contributed by atoms with van der Waals surface area (Å²) in [5.74, 6) is 4.38. The second-order valence-corrected chi connectivity index (χ2v) is 25.4. The first-order valence-electron chi connectivity index (χ1n) is 30.2. The zero-order valence-corrected chi connectivity index (χ0v) is 47.8. The molecular formula is C71H71N7O6. The average molecular weight is 1120 g/mol. The maximum atomic E-state index is 11.5. The maximum absolute atomic E-state index is 11.5. The molecule has 0 radical (unpaired) electrons. The molecule has 6 N–H and O–H groups in total. The van der Waals surface area contributed by atoms with Gasteiger partial charge in [0.25, 0.3) is 0 Å². The molecule has 2 aliphatic heterocycles. The van der Waals surface area contributed by atoms with Crippen LogP contribution in [0.3, 0.4) is 0 Å². The van der Waals surface area contributed by atoms with Crippen LogP contribution in [-0.4, -0.2) is 61.3 Å². The Kier molecular flexibility index (Phi) is 13.4. The van der Waals surface area contributed by atoms with Gasteiger partial charge in [0.1, 0.15) is 35.3 Å². The zero-order chi connectivity index (χ0) is 57.4. The Balaban J connectivity index is 0.786. The maximum Gasteiger partial charge on any atom is 0.303 e. The lowest BCUT2D eigenvalue weighted by molar-refractivity contribution is -0.138. The van der Waals surface area contributed by atoms with E-state index in [1.165, 1.54) is 44.9 Å². The number of hydrogen-bond donors (Lipinski definition) is 6. The number of aromatic hydroxyl groups is 3. The SMILES string of the molecule is C[C@H](CCC(=O)O)[C@H]1CC[C@H]2[C@@H]3CC[C@@H]4C[C@@H](n5cc(COc6cccc(-c7c8nc(c(-c9cccc(O)c9)c9ccc([nH]9)c(-c9cccc(O)c9)c9nc(c(-c%10cccc(O)c%10)c%10ccc7[nH]%10)C=C9)C=C8)c6)nn5)CC[C@]4(C)[C@H]3CC[C@]12C. The van der Waals surface area contributed by atoms with Crippen LogP contribution in [0.15, 0.2) is 128 Å². The minimum atomic E-state index is -0.671. The van der Waals surface area contributed by atoms with Crippen molar-refractivity contribution in [3.05, 3.63) is 156 Å². The van der Waals surface area contributed by atoms with Crippen LogP contribution in [0.2, 0.25) is 0 Å². The second kappa shape index (κ2) is 21.2. The topological polar surface area (TPSA) is 195 Å². The van der Waals surface area contributed by atoms with Gasteiger partial charge >= 0.3 is 5.97 Å². The van der Waals surface area contributed by atoms with E-state index in [0.717, 1.165) is 109 Å². The normalized spacial score (nSPS) is 24.5. The molecule has 6 aliphatic rings. The summed E-state index contributed by atoms with van der Waals surface area (Å²) in [4.78, 5) is 29.7. The summed E-state index contributed by atoms with van der Waals surface area (Å²) in [6.45, 7) is 7.76. The van der Waals surface area contributed by atoms with E-state index >= 15 is 0 Å². The first-order chi connectivity index (χ1) is 40.8. The van der Waals surface area contributed by atoms with Crippen molar-refractivity contribution in [3.8, 4) is 67.5 Å². The molecular weight excluding hydrogens is 1050 g/mol. The van der Waals surface area contributed by atoms with Gasteiger partial charge in [-0.1, -0.05) is 74.5 Å². The van der Waals surface area contributed by atoms with Crippen molar-refractivity contribution in [3.63, 3.8) is 0 Å². The van der Waals surface area contributed by atoms with E-state index in [2.05, 4.69) is 58.8 Å². The summed E-state index contributed by atoms with van der Waals surface area (Å²) >= 11 is 0. The molecule has 426 valence electrons. The third-order valence-corrected chi connectivity index (χ3v) is 20.8. The van der Waals surface area contributed by atoms with Gasteiger partial charge in [-0.15, -0.1) is 5.10 Å². The fourth-order valence-electron chi connectivity index (χ4n) is 16.9. The Labute approximate surface area is 488 Å². The molecule has 13 heteroatoms. The summed E-state index contributed by atoms with van der Waals surface area (Å²) < 4.78 is 8.74. The van der Waals surface area contributed by atoms with E-state index in [0.29, 0.717) is 63.2 Å². The number of ether oxygens (including phenoxy) is 1. The molecule has 4 fully saturated rings. The Morgan fingerprint density at radius 1 is 0.619 bits per heavy atom. The molecule has 4 aliphatic carbocycles. The predicted molar refractivity (Wildman–Crippen MR) is 330 cm³/mol. The van der Waals surface area contributed by atoms with Crippen molar-refractivity contribution in [1.82, 2.24) is 34.9 Å². The minimum Gasteiger partial charge on any atom is -0.508 e. The van der Waals surface area contributed by atoms with Crippen molar-refractivity contribution in [2.75, 3.05) is 0 Å². The molecule has 8 bridgehead atoms. The fraction of sp³-hybridized carbons (Fsp3) is 0.338. The van der Waals surface area contributed by atoms with Gasteiger partial charge in [0, 0.05) is 50.7 Å². The number of hydrogen-bond acceptors (Lipinski definition) is 9. The van der Waals surface area contributed by atoms with Crippen LogP contribution in [0.1, 0.15) is 126 Å². The minimum absolute atomic E-state index is 0.125. The zero-order valence-electron chi connectivity index (χ0n) is 47.8. The first kappa shape index (κ1) is 53.3. The summed E-state index contributed by atoms with van der Waals surface area (Å²) in [6.07, 6.45) is 22.3. The van der Waals surface area contributed by atoms with Crippen LogP contribution in [0.25, 0.3) is 90.9 Å². The van der Waals surface area contributed by atoms with Crippen molar-refractivity contribution in [2.45, 2.75) is 104 Å². The number of carbonyl (C=O) groups is 1. The van der Waals surface area contributed by atoms with Gasteiger partial charge in [0.05, 0.1) is 35.0 Å². The van der Waals surface area contributed by atoms with Gasteiger partial charge in [-0.05, 0) is 230 Å². The molecule has 6 heterocycles. The number of carboxylic acid groups (broad SMARTS) is 1. The summed E-state index contributed by atoms with van der Waals surface area (Å²) in [7, 11) is 0. The van der Waals surface area contributed by atoms with Crippen LogP contribution >= 0.6 is 0 Å². The molecule has 0 saturated heterocycles. The number of nitrogens with zero attached hydrogens (tertiary/aromatic N) is 5. The first-order valence-corrected chi connectivity index (χ1v) is 30.2.